The molecule has 39 heavy (non-hydrogen) atoms. The Kier molecular flexibility index (Phi) is 7.45. The van der Waals surface area contributed by atoms with Crippen LogP contribution in [0.5, 0.6) is 11.5 Å². The van der Waals surface area contributed by atoms with Gasteiger partial charge in [0.15, 0.2) is 0 Å². The summed E-state index contributed by atoms with van der Waals surface area (Å²) in [6.07, 6.45) is -9.28. The van der Waals surface area contributed by atoms with Gasteiger partial charge in [-0.25, -0.2) is 0 Å². The van der Waals surface area contributed by atoms with E-state index >= 15 is 0 Å². The molecule has 0 saturated carbocycles. The first-order chi connectivity index (χ1) is 18.4. The first-order valence-corrected chi connectivity index (χ1v) is 12.7. The number of ether oxygens (including phenoxy) is 2. The van der Waals surface area contributed by atoms with Crippen molar-refractivity contribution >= 4 is 10.9 Å². The lowest BCUT2D eigenvalue weighted by Gasteiger charge is -2.42. The molecule has 0 bridgehead atoms. The SMILES string of the molecule is C[C@@H]1Cc2c([nH]c3ccccc23)[C@@H](c2ccc(OC3CN(CCCF)C3)cc2OC(F)(F)F)N1CC(F)(F)F. The number of halogens is 7. The molecule has 2 aromatic carbocycles. The molecule has 3 heterocycles. The largest absolute Gasteiger partial charge is 0.573 e. The highest BCUT2D eigenvalue weighted by atomic mass is 19.4. The Hall–Kier alpha value is -2.99. The Morgan fingerprint density at radius 1 is 1.03 bits per heavy atom. The molecular formula is C27H28F7N3O2. The third kappa shape index (κ3) is 6.11. The normalized spacial score (nSPS) is 21.1. The monoisotopic (exact) mass is 559 g/mol. The van der Waals surface area contributed by atoms with E-state index in [-0.39, 0.29) is 17.4 Å². The second-order valence-corrected chi connectivity index (χ2v) is 10.1. The lowest BCUT2D eigenvalue weighted by molar-refractivity contribution is -0.275. The number of hydrogen-bond acceptors (Lipinski definition) is 4. The molecule has 2 atom stereocenters. The average Bonchev–Trinajstić information content (AvgIpc) is 3.18. The Balaban J connectivity index is 1.54. The van der Waals surface area contributed by atoms with Crippen LogP contribution in [0.25, 0.3) is 10.9 Å². The van der Waals surface area contributed by atoms with E-state index in [2.05, 4.69) is 9.72 Å². The van der Waals surface area contributed by atoms with Crippen LogP contribution in [-0.4, -0.2) is 72.3 Å². The summed E-state index contributed by atoms with van der Waals surface area (Å²) in [4.78, 5) is 6.29. The maximum absolute atomic E-state index is 13.7. The predicted molar refractivity (Wildman–Crippen MR) is 131 cm³/mol. The second-order valence-electron chi connectivity index (χ2n) is 10.1. The van der Waals surface area contributed by atoms with Crippen molar-refractivity contribution in [1.29, 1.82) is 0 Å². The van der Waals surface area contributed by atoms with Crippen LogP contribution in [0, 0.1) is 0 Å². The summed E-state index contributed by atoms with van der Waals surface area (Å²) in [6, 6.07) is 9.29. The maximum atomic E-state index is 13.7. The summed E-state index contributed by atoms with van der Waals surface area (Å²) in [7, 11) is 0. The number of aromatic nitrogens is 1. The molecule has 2 aliphatic heterocycles. The summed E-state index contributed by atoms with van der Waals surface area (Å²) in [5.74, 6) is -0.513. The zero-order valence-electron chi connectivity index (χ0n) is 21.1. The molecule has 0 radical (unpaired) electrons. The van der Waals surface area contributed by atoms with E-state index in [1.807, 2.05) is 17.0 Å². The first kappa shape index (κ1) is 27.6. The minimum Gasteiger partial charge on any atom is -0.488 e. The van der Waals surface area contributed by atoms with Crippen molar-refractivity contribution in [1.82, 2.24) is 14.8 Å². The number of alkyl halides is 7. The van der Waals surface area contributed by atoms with Crippen molar-refractivity contribution in [2.45, 2.75) is 50.5 Å². The quantitative estimate of drug-likeness (QED) is 0.325. The van der Waals surface area contributed by atoms with E-state index in [1.54, 1.807) is 19.1 Å². The third-order valence-electron chi connectivity index (χ3n) is 7.22. The summed E-state index contributed by atoms with van der Waals surface area (Å²) in [5, 5.41) is 0.816. The number of nitrogens with one attached hydrogen (secondary N) is 1. The lowest BCUT2D eigenvalue weighted by atomic mass is 9.88. The summed E-state index contributed by atoms with van der Waals surface area (Å²) in [5.41, 5.74) is 1.81. The van der Waals surface area contributed by atoms with Gasteiger partial charge in [-0.05, 0) is 43.5 Å². The van der Waals surface area contributed by atoms with Crippen LogP contribution in [0.3, 0.4) is 0 Å². The summed E-state index contributed by atoms with van der Waals surface area (Å²) in [6.45, 7) is 1.43. The highest BCUT2D eigenvalue weighted by Gasteiger charge is 2.44. The minimum atomic E-state index is -5.08. The number of nitrogens with zero attached hydrogens (tertiary/aromatic N) is 2. The van der Waals surface area contributed by atoms with Crippen molar-refractivity contribution in [3.05, 3.63) is 59.3 Å². The highest BCUT2D eigenvalue weighted by Crippen LogP contribution is 2.46. The number of hydrogen-bond donors (Lipinski definition) is 1. The van der Waals surface area contributed by atoms with Gasteiger partial charge in [-0.2, -0.15) is 13.2 Å². The van der Waals surface area contributed by atoms with Crippen molar-refractivity contribution in [3.8, 4) is 11.5 Å². The Morgan fingerprint density at radius 3 is 2.46 bits per heavy atom. The van der Waals surface area contributed by atoms with Crippen LogP contribution in [0.15, 0.2) is 42.5 Å². The molecular weight excluding hydrogens is 531 g/mol. The van der Waals surface area contributed by atoms with Gasteiger partial charge in [-0.15, -0.1) is 13.2 Å². The van der Waals surface area contributed by atoms with Gasteiger partial charge in [0.25, 0.3) is 0 Å². The number of para-hydroxylation sites is 1. The van der Waals surface area contributed by atoms with Gasteiger partial charge in [0.05, 0.1) is 19.3 Å². The molecule has 5 nitrogen and oxygen atoms in total. The van der Waals surface area contributed by atoms with Gasteiger partial charge in [-0.3, -0.25) is 14.2 Å². The summed E-state index contributed by atoms with van der Waals surface area (Å²) < 4.78 is 104. The number of H-pyrrole nitrogens is 1. The standard InChI is InChI=1S/C27H28F7N3O2/c1-16-11-21-19-5-2-3-6-22(19)35-24(21)25(37(16)15-26(29,30)31)20-8-7-17(12-23(20)39-27(32,33)34)38-18-13-36(14-18)10-4-9-28/h2-3,5-8,12,16,18,25,35H,4,9-11,13-15H2,1H3/t16-,25-/m1/s1. The van der Waals surface area contributed by atoms with E-state index < -0.39 is 43.6 Å². The molecule has 1 saturated heterocycles. The number of fused-ring (bicyclic) bond motifs is 3. The molecule has 12 heteroatoms. The highest BCUT2D eigenvalue weighted by molar-refractivity contribution is 5.85. The molecule has 0 aliphatic carbocycles. The first-order valence-electron chi connectivity index (χ1n) is 12.7. The molecule has 2 aliphatic rings. The second kappa shape index (κ2) is 10.5. The van der Waals surface area contributed by atoms with E-state index in [0.29, 0.717) is 43.7 Å². The number of likely N-dealkylation sites (tertiary alicyclic amines) is 1. The zero-order valence-corrected chi connectivity index (χ0v) is 21.1. The molecule has 0 unspecified atom stereocenters. The third-order valence-corrected chi connectivity index (χ3v) is 7.22. The molecule has 3 aromatic rings. The van der Waals surface area contributed by atoms with E-state index in [9.17, 15) is 30.7 Å². The maximum Gasteiger partial charge on any atom is 0.573 e. The lowest BCUT2D eigenvalue weighted by Crippen LogP contribution is -2.53. The molecule has 0 amide bonds. The van der Waals surface area contributed by atoms with Gasteiger partial charge in [0.2, 0.25) is 0 Å². The zero-order chi connectivity index (χ0) is 27.9. The fraction of sp³-hybridized carbons (Fsp3) is 0.481. The number of aromatic amines is 1. The van der Waals surface area contributed by atoms with E-state index in [4.69, 9.17) is 4.74 Å². The van der Waals surface area contributed by atoms with Crippen LogP contribution >= 0.6 is 0 Å². The van der Waals surface area contributed by atoms with Gasteiger partial charge < -0.3 is 14.5 Å². The average molecular weight is 560 g/mol. The minimum absolute atomic E-state index is 0.0542. The molecule has 1 fully saturated rings. The Morgan fingerprint density at radius 2 is 1.77 bits per heavy atom. The van der Waals surface area contributed by atoms with Crippen LogP contribution in [0.1, 0.15) is 36.2 Å². The van der Waals surface area contributed by atoms with Crippen molar-refractivity contribution < 1.29 is 40.2 Å². The van der Waals surface area contributed by atoms with Crippen LogP contribution in [0.2, 0.25) is 0 Å². The molecule has 0 spiro atoms. The Bertz CT molecular complexity index is 1300. The van der Waals surface area contributed by atoms with Crippen LogP contribution < -0.4 is 9.47 Å². The van der Waals surface area contributed by atoms with E-state index in [0.717, 1.165) is 21.9 Å². The predicted octanol–water partition coefficient (Wildman–Crippen LogP) is 6.39. The van der Waals surface area contributed by atoms with Gasteiger partial charge in [0, 0.05) is 53.9 Å². The summed E-state index contributed by atoms with van der Waals surface area (Å²) >= 11 is 0. The molecule has 5 rings (SSSR count). The Labute approximate surface area is 220 Å². The topological polar surface area (TPSA) is 40.7 Å². The van der Waals surface area contributed by atoms with Crippen LogP contribution in [0.4, 0.5) is 30.7 Å². The van der Waals surface area contributed by atoms with Gasteiger partial charge in [-0.1, -0.05) is 18.2 Å². The number of rotatable bonds is 8. The molecule has 1 N–H and O–H groups in total. The van der Waals surface area contributed by atoms with Gasteiger partial charge in [0.1, 0.15) is 17.6 Å². The van der Waals surface area contributed by atoms with Gasteiger partial charge >= 0.3 is 12.5 Å². The van der Waals surface area contributed by atoms with Crippen molar-refractivity contribution in [2.75, 3.05) is 32.9 Å². The molecule has 1 aromatic heterocycles. The smallest absolute Gasteiger partial charge is 0.488 e. The molecule has 212 valence electrons. The number of benzene rings is 2. The van der Waals surface area contributed by atoms with Crippen molar-refractivity contribution in [2.24, 2.45) is 0 Å². The van der Waals surface area contributed by atoms with E-state index in [1.165, 1.54) is 12.1 Å². The fourth-order valence-electron chi connectivity index (χ4n) is 5.58. The van der Waals surface area contributed by atoms with Crippen LogP contribution in [-0.2, 0) is 6.42 Å². The fourth-order valence-corrected chi connectivity index (χ4v) is 5.58. The van der Waals surface area contributed by atoms with Crippen molar-refractivity contribution in [3.63, 3.8) is 0 Å².